The van der Waals surface area contributed by atoms with Crippen molar-refractivity contribution in [1.29, 1.82) is 0 Å². The summed E-state index contributed by atoms with van der Waals surface area (Å²) in [7, 11) is 0. The van der Waals surface area contributed by atoms with E-state index in [1.165, 1.54) is 0 Å². The molecule has 2 N–H and O–H groups in total. The number of rotatable bonds is 4. The predicted octanol–water partition coefficient (Wildman–Crippen LogP) is 5.82. The first-order valence-electron chi connectivity index (χ1n) is 7.24. The van der Waals surface area contributed by atoms with Crippen molar-refractivity contribution in [2.24, 2.45) is 0 Å². The number of furan rings is 1. The van der Waals surface area contributed by atoms with Crippen molar-refractivity contribution >= 4 is 66.0 Å². The molecule has 3 aromatic rings. The summed E-state index contributed by atoms with van der Waals surface area (Å²) in [5.41, 5.74) is 2.15. The van der Waals surface area contributed by atoms with Gasteiger partial charge in [-0.05, 0) is 87.1 Å². The van der Waals surface area contributed by atoms with Gasteiger partial charge in [0.2, 0.25) is 0 Å². The van der Waals surface area contributed by atoms with Crippen LogP contribution >= 0.6 is 54.5 Å². The third-order valence-corrected chi connectivity index (χ3v) is 6.47. The monoisotopic (exact) mass is 575 g/mol. The SMILES string of the molecule is O=C(Nc1ccc(-c2ccc(CO)o2)cc1)c1cc(Br)cc(Br)c1I. The zero-order valence-electron chi connectivity index (χ0n) is 12.7. The third kappa shape index (κ3) is 4.33. The highest BCUT2D eigenvalue weighted by molar-refractivity contribution is 14.1. The van der Waals surface area contributed by atoms with Gasteiger partial charge in [-0.2, -0.15) is 0 Å². The topological polar surface area (TPSA) is 62.5 Å². The van der Waals surface area contributed by atoms with Crippen LogP contribution in [0.5, 0.6) is 0 Å². The van der Waals surface area contributed by atoms with E-state index >= 15 is 0 Å². The highest BCUT2D eigenvalue weighted by Crippen LogP contribution is 2.29. The van der Waals surface area contributed by atoms with Crippen molar-refractivity contribution in [2.75, 3.05) is 5.32 Å². The molecule has 1 aromatic heterocycles. The number of nitrogens with one attached hydrogen (secondary N) is 1. The Bertz CT molecular complexity index is 923. The Morgan fingerprint density at radius 1 is 1.12 bits per heavy atom. The molecule has 0 radical (unpaired) electrons. The number of benzene rings is 2. The van der Waals surface area contributed by atoms with Gasteiger partial charge in [-0.1, -0.05) is 15.9 Å². The molecular formula is C18H12Br2INO3. The molecule has 1 heterocycles. The minimum absolute atomic E-state index is 0.130. The fraction of sp³-hybridized carbons (Fsp3) is 0.0556. The molecule has 0 fully saturated rings. The van der Waals surface area contributed by atoms with E-state index in [4.69, 9.17) is 9.52 Å². The van der Waals surface area contributed by atoms with Gasteiger partial charge in [0.25, 0.3) is 5.91 Å². The largest absolute Gasteiger partial charge is 0.459 e. The van der Waals surface area contributed by atoms with E-state index in [9.17, 15) is 4.79 Å². The molecule has 128 valence electrons. The molecule has 0 aliphatic carbocycles. The summed E-state index contributed by atoms with van der Waals surface area (Å²) in [5.74, 6) is 1.01. The molecule has 0 aliphatic heterocycles. The number of aliphatic hydroxyl groups excluding tert-OH is 1. The maximum absolute atomic E-state index is 12.5. The molecule has 0 saturated carbocycles. The Balaban J connectivity index is 1.78. The van der Waals surface area contributed by atoms with Crippen LogP contribution in [0, 0.1) is 3.57 Å². The lowest BCUT2D eigenvalue weighted by Gasteiger charge is -2.09. The number of aliphatic hydroxyl groups is 1. The average molecular weight is 577 g/mol. The minimum Gasteiger partial charge on any atom is -0.459 e. The summed E-state index contributed by atoms with van der Waals surface area (Å²) in [6, 6.07) is 14.6. The number of hydrogen-bond acceptors (Lipinski definition) is 3. The van der Waals surface area contributed by atoms with Gasteiger partial charge in [-0.15, -0.1) is 0 Å². The molecule has 0 aliphatic rings. The first-order valence-corrected chi connectivity index (χ1v) is 9.90. The Kier molecular flexibility index (Phi) is 5.98. The zero-order chi connectivity index (χ0) is 18.0. The average Bonchev–Trinajstić information content (AvgIpc) is 3.08. The molecular weight excluding hydrogens is 565 g/mol. The molecule has 3 rings (SSSR count). The molecule has 0 saturated heterocycles. The summed E-state index contributed by atoms with van der Waals surface area (Å²) in [4.78, 5) is 12.5. The van der Waals surface area contributed by atoms with E-state index in [1.807, 2.05) is 30.3 Å². The second-order valence-corrected chi connectivity index (χ2v) is 8.05. The molecule has 7 heteroatoms. The van der Waals surface area contributed by atoms with Gasteiger partial charge >= 0.3 is 0 Å². The van der Waals surface area contributed by atoms with Crippen LogP contribution in [0.1, 0.15) is 16.1 Å². The maximum atomic E-state index is 12.5. The first-order chi connectivity index (χ1) is 12.0. The van der Waals surface area contributed by atoms with Crippen molar-refractivity contribution < 1.29 is 14.3 Å². The number of halogens is 3. The number of anilines is 1. The lowest BCUT2D eigenvalue weighted by atomic mass is 10.1. The molecule has 2 aromatic carbocycles. The molecule has 25 heavy (non-hydrogen) atoms. The van der Waals surface area contributed by atoms with Crippen molar-refractivity contribution in [3.05, 3.63) is 72.4 Å². The van der Waals surface area contributed by atoms with E-state index in [0.717, 1.165) is 18.1 Å². The molecule has 0 spiro atoms. The molecule has 4 nitrogen and oxygen atoms in total. The second kappa shape index (κ2) is 8.03. The standard InChI is InChI=1S/C18H12Br2INO3/c19-11-7-14(17(21)15(20)8-11)18(24)22-12-3-1-10(2-4-12)16-6-5-13(9-23)25-16/h1-8,23H,9H2,(H,22,24). The minimum atomic E-state index is -0.181. The fourth-order valence-electron chi connectivity index (χ4n) is 2.26. The van der Waals surface area contributed by atoms with Crippen molar-refractivity contribution in [3.63, 3.8) is 0 Å². The van der Waals surface area contributed by atoms with Crippen LogP contribution in [0.2, 0.25) is 0 Å². The van der Waals surface area contributed by atoms with Crippen LogP contribution in [0.15, 0.2) is 61.9 Å². The lowest BCUT2D eigenvalue weighted by molar-refractivity contribution is 0.102. The van der Waals surface area contributed by atoms with Crippen LogP contribution in [0.4, 0.5) is 5.69 Å². The van der Waals surface area contributed by atoms with Crippen LogP contribution < -0.4 is 5.32 Å². The van der Waals surface area contributed by atoms with Gasteiger partial charge in [0.15, 0.2) is 0 Å². The molecule has 1 amide bonds. The normalized spacial score (nSPS) is 10.7. The van der Waals surface area contributed by atoms with E-state index in [1.54, 1.807) is 18.2 Å². The summed E-state index contributed by atoms with van der Waals surface area (Å²) in [6.45, 7) is -0.130. The van der Waals surface area contributed by atoms with Gasteiger partial charge in [-0.3, -0.25) is 4.79 Å². The molecule has 0 bridgehead atoms. The fourth-order valence-corrected chi connectivity index (χ4v) is 4.04. The Labute approximate surface area is 175 Å². The number of amides is 1. The van der Waals surface area contributed by atoms with E-state index in [-0.39, 0.29) is 12.5 Å². The van der Waals surface area contributed by atoms with Gasteiger partial charge in [0.1, 0.15) is 18.1 Å². The summed E-state index contributed by atoms with van der Waals surface area (Å²) < 4.78 is 8.04. The van der Waals surface area contributed by atoms with Crippen LogP contribution in [0.3, 0.4) is 0 Å². The summed E-state index contributed by atoms with van der Waals surface area (Å²) >= 11 is 8.99. The van der Waals surface area contributed by atoms with E-state index in [0.29, 0.717) is 22.8 Å². The van der Waals surface area contributed by atoms with Crippen LogP contribution in [-0.2, 0) is 6.61 Å². The molecule has 0 unspecified atom stereocenters. The van der Waals surface area contributed by atoms with Crippen molar-refractivity contribution in [1.82, 2.24) is 0 Å². The number of carbonyl (C=O) groups is 1. The van der Waals surface area contributed by atoms with Crippen LogP contribution in [-0.4, -0.2) is 11.0 Å². The predicted molar refractivity (Wildman–Crippen MR) is 113 cm³/mol. The highest BCUT2D eigenvalue weighted by Gasteiger charge is 2.14. The first kappa shape index (κ1) is 18.6. The number of carbonyl (C=O) groups excluding carboxylic acids is 1. The summed E-state index contributed by atoms with van der Waals surface area (Å²) in [6.07, 6.45) is 0. The Morgan fingerprint density at radius 2 is 1.84 bits per heavy atom. The lowest BCUT2D eigenvalue weighted by Crippen LogP contribution is -2.13. The van der Waals surface area contributed by atoms with Crippen LogP contribution in [0.25, 0.3) is 11.3 Å². The van der Waals surface area contributed by atoms with Gasteiger partial charge in [0, 0.05) is 23.8 Å². The van der Waals surface area contributed by atoms with Gasteiger partial charge < -0.3 is 14.8 Å². The van der Waals surface area contributed by atoms with Gasteiger partial charge in [0.05, 0.1) is 5.56 Å². The van der Waals surface area contributed by atoms with Crippen molar-refractivity contribution in [3.8, 4) is 11.3 Å². The Morgan fingerprint density at radius 3 is 2.48 bits per heavy atom. The van der Waals surface area contributed by atoms with Crippen molar-refractivity contribution in [2.45, 2.75) is 6.61 Å². The zero-order valence-corrected chi connectivity index (χ0v) is 18.1. The highest BCUT2D eigenvalue weighted by atomic mass is 127. The van der Waals surface area contributed by atoms with E-state index < -0.39 is 0 Å². The number of hydrogen-bond donors (Lipinski definition) is 2. The smallest absolute Gasteiger partial charge is 0.256 e. The third-order valence-electron chi connectivity index (χ3n) is 3.48. The Hall–Kier alpha value is -1.16. The second-order valence-electron chi connectivity index (χ2n) is 5.20. The maximum Gasteiger partial charge on any atom is 0.256 e. The quantitative estimate of drug-likeness (QED) is 0.304. The van der Waals surface area contributed by atoms with Gasteiger partial charge in [-0.25, -0.2) is 0 Å². The molecule has 0 atom stereocenters. The summed E-state index contributed by atoms with van der Waals surface area (Å²) in [5, 5.41) is 12.0. The van der Waals surface area contributed by atoms with E-state index in [2.05, 4.69) is 59.8 Å².